The van der Waals surface area contributed by atoms with Crippen LogP contribution in [0.5, 0.6) is 0 Å². The molecule has 2 heterocycles. The van der Waals surface area contributed by atoms with Gasteiger partial charge in [0.05, 0.1) is 6.54 Å². The van der Waals surface area contributed by atoms with Crippen LogP contribution in [-0.2, 0) is 4.79 Å². The van der Waals surface area contributed by atoms with E-state index in [9.17, 15) is 9.59 Å². The molecule has 1 amide bonds. The molecule has 98 valence electrons. The van der Waals surface area contributed by atoms with Crippen LogP contribution in [0, 0.1) is 0 Å². The standard InChI is InChI=1S/C11H13ClN2O4/c12-9-2-1-8(18-9)11(17)14-5-3-13(4-6-14)7-10(15)16/h1-2H,3-7H2,(H,15,16). The van der Waals surface area contributed by atoms with Gasteiger partial charge in [0, 0.05) is 26.2 Å². The van der Waals surface area contributed by atoms with Gasteiger partial charge in [-0.15, -0.1) is 0 Å². The summed E-state index contributed by atoms with van der Waals surface area (Å²) in [5, 5.41) is 8.85. The van der Waals surface area contributed by atoms with Crippen LogP contribution < -0.4 is 0 Å². The number of aliphatic carboxylic acids is 1. The molecule has 1 saturated heterocycles. The minimum absolute atomic E-state index is 0.00854. The number of nitrogens with zero attached hydrogens (tertiary/aromatic N) is 2. The molecule has 1 N–H and O–H groups in total. The third-order valence-corrected chi connectivity index (χ3v) is 3.01. The topological polar surface area (TPSA) is 74.0 Å². The van der Waals surface area contributed by atoms with E-state index in [-0.39, 0.29) is 23.4 Å². The van der Waals surface area contributed by atoms with Crippen LogP contribution in [0.2, 0.25) is 5.22 Å². The van der Waals surface area contributed by atoms with Gasteiger partial charge in [0.15, 0.2) is 11.0 Å². The molecule has 18 heavy (non-hydrogen) atoms. The maximum Gasteiger partial charge on any atom is 0.317 e. The fourth-order valence-corrected chi connectivity index (χ4v) is 2.03. The molecule has 0 atom stereocenters. The lowest BCUT2D eigenvalue weighted by molar-refractivity contribution is -0.138. The third-order valence-electron chi connectivity index (χ3n) is 2.80. The van der Waals surface area contributed by atoms with Crippen LogP contribution in [0.1, 0.15) is 10.6 Å². The number of piperazine rings is 1. The molecule has 0 radical (unpaired) electrons. The van der Waals surface area contributed by atoms with Gasteiger partial charge in [-0.05, 0) is 23.7 Å². The summed E-state index contributed by atoms with van der Waals surface area (Å²) in [6.07, 6.45) is 0. The molecule has 1 aromatic heterocycles. The lowest BCUT2D eigenvalue weighted by Crippen LogP contribution is -2.49. The largest absolute Gasteiger partial charge is 0.480 e. The monoisotopic (exact) mass is 272 g/mol. The highest BCUT2D eigenvalue weighted by atomic mass is 35.5. The van der Waals surface area contributed by atoms with Crippen molar-refractivity contribution >= 4 is 23.5 Å². The Balaban J connectivity index is 1.90. The van der Waals surface area contributed by atoms with Crippen molar-refractivity contribution in [2.75, 3.05) is 32.7 Å². The number of amides is 1. The molecule has 0 aliphatic carbocycles. The predicted molar refractivity (Wildman–Crippen MR) is 63.7 cm³/mol. The molecule has 0 spiro atoms. The maximum atomic E-state index is 12.0. The van der Waals surface area contributed by atoms with Gasteiger partial charge in [-0.3, -0.25) is 14.5 Å². The van der Waals surface area contributed by atoms with E-state index in [1.54, 1.807) is 9.80 Å². The first-order chi connectivity index (χ1) is 8.56. The van der Waals surface area contributed by atoms with Crippen LogP contribution >= 0.6 is 11.6 Å². The second-order valence-electron chi connectivity index (χ2n) is 4.07. The van der Waals surface area contributed by atoms with Gasteiger partial charge in [0.25, 0.3) is 5.91 Å². The van der Waals surface area contributed by atoms with E-state index < -0.39 is 5.97 Å². The van der Waals surface area contributed by atoms with Crippen molar-refractivity contribution in [2.45, 2.75) is 0 Å². The van der Waals surface area contributed by atoms with E-state index in [1.807, 2.05) is 0 Å². The smallest absolute Gasteiger partial charge is 0.317 e. The van der Waals surface area contributed by atoms with Gasteiger partial charge in [0.2, 0.25) is 0 Å². The average molecular weight is 273 g/mol. The van der Waals surface area contributed by atoms with E-state index in [4.69, 9.17) is 21.1 Å². The lowest BCUT2D eigenvalue weighted by Gasteiger charge is -2.33. The Labute approximate surface area is 109 Å². The van der Waals surface area contributed by atoms with Crippen molar-refractivity contribution in [2.24, 2.45) is 0 Å². The number of carboxylic acid groups (broad SMARTS) is 1. The summed E-state index contributed by atoms with van der Waals surface area (Å²) in [5.41, 5.74) is 0. The molecular weight excluding hydrogens is 260 g/mol. The molecular formula is C11H13ClN2O4. The highest BCUT2D eigenvalue weighted by Gasteiger charge is 2.24. The second kappa shape index (κ2) is 5.41. The van der Waals surface area contributed by atoms with E-state index in [1.165, 1.54) is 12.1 Å². The highest BCUT2D eigenvalue weighted by molar-refractivity contribution is 6.29. The van der Waals surface area contributed by atoms with Gasteiger partial charge in [-0.2, -0.15) is 0 Å². The number of hydrogen-bond donors (Lipinski definition) is 1. The Kier molecular flexibility index (Phi) is 3.88. The van der Waals surface area contributed by atoms with E-state index >= 15 is 0 Å². The van der Waals surface area contributed by atoms with Crippen LogP contribution in [0.25, 0.3) is 0 Å². The first kappa shape index (κ1) is 12.9. The van der Waals surface area contributed by atoms with Crippen LogP contribution in [-0.4, -0.2) is 59.5 Å². The zero-order valence-corrected chi connectivity index (χ0v) is 10.4. The van der Waals surface area contributed by atoms with Crippen molar-refractivity contribution in [3.63, 3.8) is 0 Å². The van der Waals surface area contributed by atoms with Crippen LogP contribution in [0.15, 0.2) is 16.5 Å². The quantitative estimate of drug-likeness (QED) is 0.880. The molecule has 0 unspecified atom stereocenters. The fraction of sp³-hybridized carbons (Fsp3) is 0.455. The SMILES string of the molecule is O=C(O)CN1CCN(C(=O)c2ccc(Cl)o2)CC1. The predicted octanol–water partition coefficient (Wildman–Crippen LogP) is 0.775. The van der Waals surface area contributed by atoms with Crippen molar-refractivity contribution in [3.8, 4) is 0 Å². The highest BCUT2D eigenvalue weighted by Crippen LogP contribution is 2.16. The number of carboxylic acids is 1. The van der Waals surface area contributed by atoms with E-state index in [0.717, 1.165) is 0 Å². The third kappa shape index (κ3) is 3.02. The Bertz CT molecular complexity index is 452. The Morgan fingerprint density at radius 2 is 1.94 bits per heavy atom. The minimum atomic E-state index is -0.854. The van der Waals surface area contributed by atoms with Gasteiger partial charge in [-0.1, -0.05) is 0 Å². The molecule has 0 aromatic carbocycles. The summed E-state index contributed by atoms with van der Waals surface area (Å²) in [7, 11) is 0. The summed E-state index contributed by atoms with van der Waals surface area (Å²) in [6.45, 7) is 2.09. The van der Waals surface area contributed by atoms with Crippen LogP contribution in [0.4, 0.5) is 0 Å². The molecule has 1 aliphatic heterocycles. The summed E-state index contributed by atoms with van der Waals surface area (Å²) in [5.74, 6) is -0.851. The van der Waals surface area contributed by atoms with Crippen molar-refractivity contribution in [1.82, 2.24) is 9.80 Å². The first-order valence-corrected chi connectivity index (χ1v) is 5.93. The van der Waals surface area contributed by atoms with Crippen molar-refractivity contribution < 1.29 is 19.1 Å². The summed E-state index contributed by atoms with van der Waals surface area (Å²) in [6, 6.07) is 3.06. The summed E-state index contributed by atoms with van der Waals surface area (Å²) in [4.78, 5) is 26.0. The minimum Gasteiger partial charge on any atom is -0.480 e. The number of hydrogen-bond acceptors (Lipinski definition) is 4. The zero-order valence-electron chi connectivity index (χ0n) is 9.63. The van der Waals surface area contributed by atoms with E-state index in [2.05, 4.69) is 0 Å². The molecule has 0 bridgehead atoms. The molecule has 0 saturated carbocycles. The lowest BCUT2D eigenvalue weighted by atomic mass is 10.3. The molecule has 1 aliphatic rings. The van der Waals surface area contributed by atoms with Gasteiger partial charge in [0.1, 0.15) is 0 Å². The molecule has 1 fully saturated rings. The summed E-state index contributed by atoms with van der Waals surface area (Å²) < 4.78 is 5.06. The van der Waals surface area contributed by atoms with E-state index in [0.29, 0.717) is 26.2 Å². The van der Waals surface area contributed by atoms with Crippen LogP contribution in [0.3, 0.4) is 0 Å². The fourth-order valence-electron chi connectivity index (χ4n) is 1.89. The van der Waals surface area contributed by atoms with Gasteiger partial charge >= 0.3 is 5.97 Å². The number of halogens is 1. The molecule has 1 aromatic rings. The number of rotatable bonds is 3. The molecule has 2 rings (SSSR count). The van der Waals surface area contributed by atoms with Gasteiger partial charge < -0.3 is 14.4 Å². The normalized spacial score (nSPS) is 16.8. The van der Waals surface area contributed by atoms with Crippen molar-refractivity contribution in [1.29, 1.82) is 0 Å². The van der Waals surface area contributed by atoms with Gasteiger partial charge in [-0.25, -0.2) is 0 Å². The zero-order chi connectivity index (χ0) is 13.1. The number of furan rings is 1. The number of carbonyl (C=O) groups excluding carboxylic acids is 1. The Morgan fingerprint density at radius 3 is 2.44 bits per heavy atom. The van der Waals surface area contributed by atoms with Crippen molar-refractivity contribution in [3.05, 3.63) is 23.1 Å². The average Bonchev–Trinajstić information content (AvgIpc) is 2.75. The molecule has 7 heteroatoms. The molecule has 6 nitrogen and oxygen atoms in total. The second-order valence-corrected chi connectivity index (χ2v) is 4.44. The number of carbonyl (C=O) groups is 2. The summed E-state index contributed by atoms with van der Waals surface area (Å²) >= 11 is 5.61. The Hall–Kier alpha value is -1.53. The Morgan fingerprint density at radius 1 is 1.28 bits per heavy atom. The maximum absolute atomic E-state index is 12.0. The first-order valence-electron chi connectivity index (χ1n) is 5.55.